The first-order valence-corrected chi connectivity index (χ1v) is 9.06. The zero-order valence-electron chi connectivity index (χ0n) is 13.0. The lowest BCUT2D eigenvalue weighted by Gasteiger charge is -2.13. The summed E-state index contributed by atoms with van der Waals surface area (Å²) in [7, 11) is 0. The normalized spacial score (nSPS) is 11.9. The molecule has 0 aliphatic rings. The molecule has 24 heavy (non-hydrogen) atoms. The summed E-state index contributed by atoms with van der Waals surface area (Å²) < 4.78 is 2.70. The van der Waals surface area contributed by atoms with Gasteiger partial charge in [0.15, 0.2) is 0 Å². The van der Waals surface area contributed by atoms with E-state index in [1.54, 1.807) is 34.9 Å². The summed E-state index contributed by atoms with van der Waals surface area (Å²) in [4.78, 5) is 14.5. The van der Waals surface area contributed by atoms with Gasteiger partial charge in [-0.2, -0.15) is 5.10 Å². The van der Waals surface area contributed by atoms with Crippen molar-refractivity contribution < 1.29 is 4.79 Å². The maximum Gasteiger partial charge on any atom is 0.248 e. The Bertz CT molecular complexity index is 801. The molecule has 1 unspecified atom stereocenters. The van der Waals surface area contributed by atoms with Crippen LogP contribution >= 0.6 is 27.7 Å². The monoisotopic (exact) mass is 401 g/mol. The van der Waals surface area contributed by atoms with Crippen LogP contribution in [0.5, 0.6) is 0 Å². The van der Waals surface area contributed by atoms with Crippen LogP contribution in [0.25, 0.3) is 0 Å². The van der Waals surface area contributed by atoms with E-state index in [1.165, 1.54) is 4.90 Å². The molecule has 0 fully saturated rings. The van der Waals surface area contributed by atoms with Crippen LogP contribution in [0.15, 0.2) is 81.3 Å². The number of benzene rings is 2. The number of carbonyl (C=O) groups is 1. The van der Waals surface area contributed by atoms with Crippen LogP contribution in [-0.2, 0) is 4.79 Å². The number of halogens is 1. The molecule has 1 amide bonds. The van der Waals surface area contributed by atoms with Crippen LogP contribution < -0.4 is 5.32 Å². The van der Waals surface area contributed by atoms with Crippen molar-refractivity contribution in [2.24, 2.45) is 0 Å². The number of anilines is 1. The summed E-state index contributed by atoms with van der Waals surface area (Å²) in [5.74, 6) is -0.0907. The number of hydrogen-bond acceptors (Lipinski definition) is 3. The maximum absolute atomic E-state index is 12.2. The van der Waals surface area contributed by atoms with Crippen LogP contribution in [0.2, 0.25) is 0 Å². The van der Waals surface area contributed by atoms with Gasteiger partial charge in [0.1, 0.15) is 6.04 Å². The summed E-state index contributed by atoms with van der Waals surface area (Å²) in [5, 5.41) is 7.01. The highest BCUT2D eigenvalue weighted by Gasteiger charge is 2.14. The first-order valence-electron chi connectivity index (χ1n) is 7.45. The van der Waals surface area contributed by atoms with Gasteiger partial charge in [0.25, 0.3) is 0 Å². The molecular formula is C18H16BrN3OS. The van der Waals surface area contributed by atoms with Gasteiger partial charge in [0.05, 0.1) is 0 Å². The Hall–Kier alpha value is -2.05. The molecular weight excluding hydrogens is 386 g/mol. The van der Waals surface area contributed by atoms with Gasteiger partial charge in [-0.25, -0.2) is 0 Å². The average molecular weight is 402 g/mol. The molecule has 3 aromatic rings. The number of hydrogen-bond donors (Lipinski definition) is 1. The molecule has 1 N–H and O–H groups in total. The minimum atomic E-state index is -0.350. The van der Waals surface area contributed by atoms with E-state index in [-0.39, 0.29) is 11.9 Å². The third kappa shape index (κ3) is 4.27. The number of carbonyl (C=O) groups excluding carboxylic acids is 1. The van der Waals surface area contributed by atoms with Crippen molar-refractivity contribution in [3.8, 4) is 0 Å². The van der Waals surface area contributed by atoms with Gasteiger partial charge >= 0.3 is 0 Å². The van der Waals surface area contributed by atoms with Crippen molar-refractivity contribution in [3.05, 3.63) is 71.5 Å². The molecule has 0 saturated heterocycles. The molecule has 3 rings (SSSR count). The van der Waals surface area contributed by atoms with Crippen molar-refractivity contribution in [3.63, 3.8) is 0 Å². The van der Waals surface area contributed by atoms with Crippen molar-refractivity contribution in [2.75, 3.05) is 5.32 Å². The number of rotatable bonds is 5. The van der Waals surface area contributed by atoms with E-state index in [0.717, 1.165) is 15.1 Å². The predicted octanol–water partition coefficient (Wildman–Crippen LogP) is 5.00. The lowest BCUT2D eigenvalue weighted by Crippen LogP contribution is -2.23. The molecule has 6 heteroatoms. The molecule has 122 valence electrons. The highest BCUT2D eigenvalue weighted by Crippen LogP contribution is 2.29. The van der Waals surface area contributed by atoms with Gasteiger partial charge in [-0.15, -0.1) is 0 Å². The van der Waals surface area contributed by atoms with E-state index < -0.39 is 0 Å². The Labute approximate surface area is 153 Å². The standard InChI is InChI=1S/C18H16BrN3OS/c1-13(22-12-2-11-20-22)18(23)21-15-5-9-17(10-6-15)24-16-7-3-14(19)4-8-16/h2-13H,1H3,(H,21,23). The zero-order valence-corrected chi connectivity index (χ0v) is 15.4. The van der Waals surface area contributed by atoms with Gasteiger partial charge in [-0.05, 0) is 61.5 Å². The Morgan fingerprint density at radius 1 is 1.12 bits per heavy atom. The van der Waals surface area contributed by atoms with Crippen molar-refractivity contribution in [1.82, 2.24) is 9.78 Å². The molecule has 0 spiro atoms. The quantitative estimate of drug-likeness (QED) is 0.654. The summed E-state index contributed by atoms with van der Waals surface area (Å²) in [5.41, 5.74) is 0.777. The second-order valence-electron chi connectivity index (χ2n) is 5.23. The lowest BCUT2D eigenvalue weighted by molar-refractivity contribution is -0.119. The SMILES string of the molecule is CC(C(=O)Nc1ccc(Sc2ccc(Br)cc2)cc1)n1cccn1. The molecule has 1 atom stereocenters. The smallest absolute Gasteiger partial charge is 0.248 e. The largest absolute Gasteiger partial charge is 0.324 e. The highest BCUT2D eigenvalue weighted by molar-refractivity contribution is 9.10. The zero-order chi connectivity index (χ0) is 16.9. The Morgan fingerprint density at radius 2 is 1.75 bits per heavy atom. The first kappa shape index (κ1) is 16.8. The van der Waals surface area contributed by atoms with Gasteiger partial charge in [-0.1, -0.05) is 27.7 Å². The number of nitrogens with zero attached hydrogens (tertiary/aromatic N) is 2. The van der Waals surface area contributed by atoms with Gasteiger partial charge in [-0.3, -0.25) is 9.48 Å². The fraction of sp³-hybridized carbons (Fsp3) is 0.111. The van der Waals surface area contributed by atoms with E-state index >= 15 is 0 Å². The molecule has 0 radical (unpaired) electrons. The summed E-state index contributed by atoms with van der Waals surface area (Å²) in [6.07, 6.45) is 3.44. The molecule has 0 aliphatic carbocycles. The van der Waals surface area contributed by atoms with Crippen molar-refractivity contribution >= 4 is 39.3 Å². The topological polar surface area (TPSA) is 46.9 Å². The second kappa shape index (κ2) is 7.68. The number of nitrogens with one attached hydrogen (secondary N) is 1. The van der Waals surface area contributed by atoms with E-state index in [4.69, 9.17) is 0 Å². The van der Waals surface area contributed by atoms with Gasteiger partial charge in [0.2, 0.25) is 5.91 Å². The van der Waals surface area contributed by atoms with Crippen LogP contribution in [0, 0.1) is 0 Å². The highest BCUT2D eigenvalue weighted by atomic mass is 79.9. The van der Waals surface area contributed by atoms with E-state index in [2.05, 4.69) is 38.5 Å². The lowest BCUT2D eigenvalue weighted by atomic mass is 10.2. The average Bonchev–Trinajstić information content (AvgIpc) is 3.12. The fourth-order valence-corrected chi connectivity index (χ4v) is 3.20. The second-order valence-corrected chi connectivity index (χ2v) is 7.29. The third-order valence-electron chi connectivity index (χ3n) is 3.47. The minimum Gasteiger partial charge on any atom is -0.324 e. The first-order chi connectivity index (χ1) is 11.6. The fourth-order valence-electron chi connectivity index (χ4n) is 2.12. The van der Waals surface area contributed by atoms with Gasteiger partial charge < -0.3 is 5.32 Å². The van der Waals surface area contributed by atoms with Gasteiger partial charge in [0, 0.05) is 32.3 Å². The minimum absolute atomic E-state index is 0.0907. The number of amides is 1. The summed E-state index contributed by atoms with van der Waals surface area (Å²) in [6.45, 7) is 1.82. The van der Waals surface area contributed by atoms with Crippen LogP contribution in [0.3, 0.4) is 0 Å². The molecule has 4 nitrogen and oxygen atoms in total. The molecule has 0 aliphatic heterocycles. The van der Waals surface area contributed by atoms with Crippen molar-refractivity contribution in [2.45, 2.75) is 22.8 Å². The summed E-state index contributed by atoms with van der Waals surface area (Å²) >= 11 is 5.11. The maximum atomic E-state index is 12.2. The third-order valence-corrected chi connectivity index (χ3v) is 5.02. The van der Waals surface area contributed by atoms with Crippen LogP contribution in [-0.4, -0.2) is 15.7 Å². The Kier molecular flexibility index (Phi) is 5.37. The Balaban J connectivity index is 1.62. The van der Waals surface area contributed by atoms with Crippen molar-refractivity contribution in [1.29, 1.82) is 0 Å². The van der Waals surface area contributed by atoms with E-state index in [0.29, 0.717) is 0 Å². The number of aromatic nitrogens is 2. The molecule has 1 heterocycles. The molecule has 0 bridgehead atoms. The van der Waals surface area contributed by atoms with E-state index in [9.17, 15) is 4.79 Å². The molecule has 1 aromatic heterocycles. The summed E-state index contributed by atoms with van der Waals surface area (Å²) in [6, 6.07) is 17.5. The van der Waals surface area contributed by atoms with E-state index in [1.807, 2.05) is 43.3 Å². The molecule has 0 saturated carbocycles. The van der Waals surface area contributed by atoms with Crippen LogP contribution in [0.1, 0.15) is 13.0 Å². The van der Waals surface area contributed by atoms with Crippen LogP contribution in [0.4, 0.5) is 5.69 Å². The Morgan fingerprint density at radius 3 is 2.33 bits per heavy atom. The predicted molar refractivity (Wildman–Crippen MR) is 100 cm³/mol. The molecule has 2 aromatic carbocycles.